The zero-order valence-electron chi connectivity index (χ0n) is 14.5. The summed E-state index contributed by atoms with van der Waals surface area (Å²) in [6.45, 7) is 9.77. The Labute approximate surface area is 147 Å². The maximum atomic E-state index is 11.7. The van der Waals surface area contributed by atoms with Gasteiger partial charge in [0.2, 0.25) is 0 Å². The van der Waals surface area contributed by atoms with E-state index < -0.39 is 0 Å². The van der Waals surface area contributed by atoms with Crippen LogP contribution in [0.4, 0.5) is 10.5 Å². The number of imide groups is 1. The van der Waals surface area contributed by atoms with Crippen molar-refractivity contribution in [2.24, 2.45) is 0 Å². The van der Waals surface area contributed by atoms with E-state index >= 15 is 0 Å². The highest BCUT2D eigenvalue weighted by atomic mass is 32.2. The van der Waals surface area contributed by atoms with Crippen LogP contribution in [0, 0.1) is 0 Å². The molecule has 2 aliphatic heterocycles. The molecule has 0 atom stereocenters. The average molecular weight is 342 g/mol. The van der Waals surface area contributed by atoms with Gasteiger partial charge in [0.25, 0.3) is 11.1 Å². The number of carbonyl (C=O) groups is 2. The van der Waals surface area contributed by atoms with Crippen molar-refractivity contribution in [2.75, 3.05) is 11.4 Å². The molecule has 0 aromatic heterocycles. The second-order valence-corrected chi connectivity index (χ2v) is 7.78. The van der Waals surface area contributed by atoms with Crippen LogP contribution in [0.15, 0.2) is 29.2 Å². The highest BCUT2D eigenvalue weighted by molar-refractivity contribution is 8.18. The van der Waals surface area contributed by atoms with Gasteiger partial charge in [-0.3, -0.25) is 14.9 Å². The highest BCUT2D eigenvalue weighted by Crippen LogP contribution is 2.40. The summed E-state index contributed by atoms with van der Waals surface area (Å²) in [5.74, 6) is -0.316. The lowest BCUT2D eigenvalue weighted by Gasteiger charge is -2.43. The minimum absolute atomic E-state index is 0.0132. The zero-order valence-corrected chi connectivity index (χ0v) is 15.3. The van der Waals surface area contributed by atoms with E-state index in [4.69, 9.17) is 0 Å². The largest absolute Gasteiger partial charge is 0.362 e. The van der Waals surface area contributed by atoms with Gasteiger partial charge in [-0.2, -0.15) is 0 Å². The summed E-state index contributed by atoms with van der Waals surface area (Å²) in [4.78, 5) is 25.9. The van der Waals surface area contributed by atoms with Crippen molar-refractivity contribution in [3.63, 3.8) is 0 Å². The number of rotatable bonds is 3. The quantitative estimate of drug-likeness (QED) is 0.826. The third-order valence-corrected chi connectivity index (χ3v) is 5.20. The smallest absolute Gasteiger partial charge is 0.290 e. The van der Waals surface area contributed by atoms with Crippen LogP contribution in [-0.2, 0) is 4.79 Å². The van der Waals surface area contributed by atoms with E-state index in [1.807, 2.05) is 6.07 Å². The molecule has 2 heterocycles. The van der Waals surface area contributed by atoms with Crippen molar-refractivity contribution in [2.45, 2.75) is 39.7 Å². The van der Waals surface area contributed by atoms with E-state index in [0.29, 0.717) is 4.91 Å². The van der Waals surface area contributed by atoms with Gasteiger partial charge in [0.05, 0.1) is 10.4 Å². The zero-order chi connectivity index (χ0) is 17.5. The second kappa shape index (κ2) is 6.13. The Hall–Kier alpha value is -2.01. The fourth-order valence-electron chi connectivity index (χ4n) is 3.40. The van der Waals surface area contributed by atoms with Crippen LogP contribution < -0.4 is 10.2 Å². The summed E-state index contributed by atoms with van der Waals surface area (Å²) in [6.07, 6.45) is 5.16. The molecule has 0 radical (unpaired) electrons. The first-order chi connectivity index (χ1) is 11.3. The van der Waals surface area contributed by atoms with Gasteiger partial charge in [-0.1, -0.05) is 19.1 Å². The molecule has 1 fully saturated rings. The molecule has 0 saturated carbocycles. The topological polar surface area (TPSA) is 49.4 Å². The number of benzene rings is 1. The van der Waals surface area contributed by atoms with E-state index in [0.717, 1.165) is 30.3 Å². The number of allylic oxidation sites excluding steroid dienone is 1. The molecule has 0 spiro atoms. The molecular weight excluding hydrogens is 320 g/mol. The monoisotopic (exact) mass is 342 g/mol. The molecule has 0 bridgehead atoms. The first-order valence-electron chi connectivity index (χ1n) is 8.18. The maximum absolute atomic E-state index is 11.7. The van der Waals surface area contributed by atoms with E-state index in [1.165, 1.54) is 16.8 Å². The highest BCUT2D eigenvalue weighted by Gasteiger charge is 2.31. The van der Waals surface area contributed by atoms with Gasteiger partial charge in [0.1, 0.15) is 0 Å². The number of hydrogen-bond acceptors (Lipinski definition) is 4. The lowest BCUT2D eigenvalue weighted by atomic mass is 9.88. The molecule has 1 aromatic rings. The van der Waals surface area contributed by atoms with Gasteiger partial charge in [-0.25, -0.2) is 0 Å². The Kier molecular flexibility index (Phi) is 4.30. The fraction of sp³-hybridized carbons (Fsp3) is 0.368. The Morgan fingerprint density at radius 2 is 2.04 bits per heavy atom. The minimum Gasteiger partial charge on any atom is -0.362 e. The number of thioether (sulfide) groups is 1. The van der Waals surface area contributed by atoms with Crippen LogP contribution in [0.3, 0.4) is 0 Å². The standard InChI is InChI=1S/C19H22N2O2S/c1-5-8-21-15-7-6-13(10-16-17(22)20-18(23)24-16)9-14(15)12(2)11-19(21,3)4/h6-7,9-11H,5,8H2,1-4H3,(H,20,22,23)/b16-10-. The van der Waals surface area contributed by atoms with Gasteiger partial charge in [0.15, 0.2) is 0 Å². The molecule has 0 unspecified atom stereocenters. The third kappa shape index (κ3) is 3.00. The number of hydrogen-bond donors (Lipinski definition) is 1. The molecule has 1 N–H and O–H groups in total. The maximum Gasteiger partial charge on any atom is 0.290 e. The van der Waals surface area contributed by atoms with Crippen molar-refractivity contribution in [3.05, 3.63) is 40.3 Å². The van der Waals surface area contributed by atoms with Crippen molar-refractivity contribution < 1.29 is 9.59 Å². The predicted molar refractivity (Wildman–Crippen MR) is 101 cm³/mol. The van der Waals surface area contributed by atoms with Crippen molar-refractivity contribution in [1.29, 1.82) is 0 Å². The predicted octanol–water partition coefficient (Wildman–Crippen LogP) is 4.42. The van der Waals surface area contributed by atoms with Crippen molar-refractivity contribution in [1.82, 2.24) is 5.32 Å². The first-order valence-corrected chi connectivity index (χ1v) is 9.00. The fourth-order valence-corrected chi connectivity index (χ4v) is 4.08. The van der Waals surface area contributed by atoms with Crippen LogP contribution in [0.1, 0.15) is 45.2 Å². The first kappa shape index (κ1) is 16.8. The summed E-state index contributed by atoms with van der Waals surface area (Å²) in [5, 5.41) is 1.98. The number of amides is 2. The van der Waals surface area contributed by atoms with Crippen molar-refractivity contribution in [3.8, 4) is 0 Å². The molecular formula is C19H22N2O2S. The normalized spacial score (nSPS) is 20.9. The lowest BCUT2D eigenvalue weighted by Crippen LogP contribution is -2.45. The summed E-state index contributed by atoms with van der Waals surface area (Å²) in [7, 11) is 0. The van der Waals surface area contributed by atoms with Crippen LogP contribution in [-0.4, -0.2) is 23.2 Å². The molecule has 2 amide bonds. The number of nitrogens with zero attached hydrogens (tertiary/aromatic N) is 1. The Bertz CT molecular complexity index is 778. The summed E-state index contributed by atoms with van der Waals surface area (Å²) in [5.41, 5.74) is 4.57. The molecule has 1 saturated heterocycles. The third-order valence-electron chi connectivity index (χ3n) is 4.39. The van der Waals surface area contributed by atoms with Gasteiger partial charge in [-0.05, 0) is 68.3 Å². The number of anilines is 1. The van der Waals surface area contributed by atoms with E-state index in [-0.39, 0.29) is 16.7 Å². The lowest BCUT2D eigenvalue weighted by molar-refractivity contribution is -0.115. The minimum atomic E-state index is -0.316. The van der Waals surface area contributed by atoms with E-state index in [2.05, 4.69) is 56.1 Å². The number of fused-ring (bicyclic) bond motifs is 1. The average Bonchev–Trinajstić information content (AvgIpc) is 2.81. The Balaban J connectivity index is 2.02. The van der Waals surface area contributed by atoms with E-state index in [1.54, 1.807) is 6.08 Å². The van der Waals surface area contributed by atoms with Crippen LogP contribution >= 0.6 is 11.8 Å². The molecule has 5 heteroatoms. The second-order valence-electron chi connectivity index (χ2n) is 6.76. The molecule has 1 aromatic carbocycles. The van der Waals surface area contributed by atoms with Crippen molar-refractivity contribution >= 4 is 40.2 Å². The van der Waals surface area contributed by atoms with Gasteiger partial charge < -0.3 is 4.90 Å². The van der Waals surface area contributed by atoms with E-state index in [9.17, 15) is 9.59 Å². The van der Waals surface area contributed by atoms with Crippen LogP contribution in [0.25, 0.3) is 11.6 Å². The summed E-state index contributed by atoms with van der Waals surface area (Å²) in [6, 6.07) is 6.23. The molecule has 0 aliphatic carbocycles. The van der Waals surface area contributed by atoms with Crippen LogP contribution in [0.2, 0.25) is 0 Å². The summed E-state index contributed by atoms with van der Waals surface area (Å²) < 4.78 is 0. The van der Waals surface area contributed by atoms with Gasteiger partial charge >= 0.3 is 0 Å². The molecule has 4 nitrogen and oxygen atoms in total. The number of nitrogens with one attached hydrogen (secondary N) is 1. The molecule has 3 rings (SSSR count). The molecule has 126 valence electrons. The number of carbonyl (C=O) groups excluding carboxylic acids is 2. The Morgan fingerprint density at radius 3 is 2.67 bits per heavy atom. The van der Waals surface area contributed by atoms with Gasteiger partial charge in [0, 0.05) is 17.8 Å². The Morgan fingerprint density at radius 1 is 1.29 bits per heavy atom. The van der Waals surface area contributed by atoms with Crippen LogP contribution in [0.5, 0.6) is 0 Å². The van der Waals surface area contributed by atoms with Gasteiger partial charge in [-0.15, -0.1) is 0 Å². The molecule has 2 aliphatic rings. The SMILES string of the molecule is CCCN1c2ccc(/C=C3\SC(=O)NC3=O)cc2C(C)=CC1(C)C. The molecule has 24 heavy (non-hydrogen) atoms. The summed E-state index contributed by atoms with van der Waals surface area (Å²) >= 11 is 0.952.